The zero-order valence-electron chi connectivity index (χ0n) is 16.7. The largest absolute Gasteiger partial charge is 0.381 e. The molecule has 0 bridgehead atoms. The molecule has 24 heavy (non-hydrogen) atoms. The van der Waals surface area contributed by atoms with E-state index in [1.54, 1.807) is 0 Å². The number of hydrogen-bond acceptors (Lipinski definition) is 1. The molecule has 0 N–H and O–H groups in total. The van der Waals surface area contributed by atoms with Gasteiger partial charge in [0, 0.05) is 13.2 Å². The SMILES string of the molecule is [CH2]CCCCCCCCCCCCCCCOCCCCCC[CH2]. The van der Waals surface area contributed by atoms with Crippen LogP contribution in [0.1, 0.15) is 122 Å². The summed E-state index contributed by atoms with van der Waals surface area (Å²) in [5.74, 6) is 0. The summed E-state index contributed by atoms with van der Waals surface area (Å²) in [5, 5.41) is 0. The fourth-order valence-electron chi connectivity index (χ4n) is 3.16. The molecule has 0 saturated carbocycles. The standard InChI is InChI=1S/C23H46O/c1-3-5-7-9-10-11-12-13-14-15-16-17-19-21-23-24-22-20-18-8-6-4-2/h1-23H2. The fourth-order valence-corrected chi connectivity index (χ4v) is 3.16. The van der Waals surface area contributed by atoms with Crippen molar-refractivity contribution in [3.63, 3.8) is 0 Å². The van der Waals surface area contributed by atoms with E-state index in [0.29, 0.717) is 0 Å². The molecule has 0 fully saturated rings. The number of unbranched alkanes of at least 4 members (excludes halogenated alkanes) is 17. The molecule has 0 spiro atoms. The van der Waals surface area contributed by atoms with Gasteiger partial charge in [0.05, 0.1) is 0 Å². The minimum atomic E-state index is 0.965. The third kappa shape index (κ3) is 22.0. The van der Waals surface area contributed by atoms with Crippen molar-refractivity contribution in [3.8, 4) is 0 Å². The lowest BCUT2D eigenvalue weighted by Gasteiger charge is -2.05. The molecule has 0 aromatic heterocycles. The lowest BCUT2D eigenvalue weighted by molar-refractivity contribution is 0.125. The molecular weight excluding hydrogens is 292 g/mol. The summed E-state index contributed by atoms with van der Waals surface area (Å²) in [5.41, 5.74) is 0. The molecule has 0 saturated heterocycles. The van der Waals surface area contributed by atoms with Crippen molar-refractivity contribution in [2.75, 3.05) is 13.2 Å². The van der Waals surface area contributed by atoms with Crippen LogP contribution in [0.3, 0.4) is 0 Å². The van der Waals surface area contributed by atoms with Crippen LogP contribution in [-0.2, 0) is 4.74 Å². The summed E-state index contributed by atoms with van der Waals surface area (Å²) in [7, 11) is 0. The highest BCUT2D eigenvalue weighted by Gasteiger charge is 1.95. The summed E-state index contributed by atoms with van der Waals surface area (Å²) < 4.78 is 5.70. The van der Waals surface area contributed by atoms with Crippen molar-refractivity contribution in [1.29, 1.82) is 0 Å². The van der Waals surface area contributed by atoms with Gasteiger partial charge in [-0.3, -0.25) is 0 Å². The van der Waals surface area contributed by atoms with Gasteiger partial charge >= 0.3 is 0 Å². The van der Waals surface area contributed by atoms with Crippen molar-refractivity contribution >= 4 is 0 Å². The Labute approximate surface area is 154 Å². The Hall–Kier alpha value is -0.0400. The number of ether oxygens (including phenoxy) is 1. The summed E-state index contributed by atoms with van der Waals surface area (Å²) in [4.78, 5) is 0. The van der Waals surface area contributed by atoms with Crippen LogP contribution in [0.15, 0.2) is 0 Å². The smallest absolute Gasteiger partial charge is 0.0466 e. The molecule has 0 amide bonds. The van der Waals surface area contributed by atoms with Crippen LogP contribution >= 0.6 is 0 Å². The van der Waals surface area contributed by atoms with E-state index in [-0.39, 0.29) is 0 Å². The van der Waals surface area contributed by atoms with Gasteiger partial charge in [0.15, 0.2) is 0 Å². The summed E-state index contributed by atoms with van der Waals surface area (Å²) in [6.45, 7) is 9.71. The Kier molecular flexibility index (Phi) is 22.9. The van der Waals surface area contributed by atoms with Crippen LogP contribution < -0.4 is 0 Å². The molecule has 0 heterocycles. The second kappa shape index (κ2) is 23.0. The average molecular weight is 339 g/mol. The number of rotatable bonds is 21. The fraction of sp³-hybridized carbons (Fsp3) is 0.913. The maximum absolute atomic E-state index is 5.70. The summed E-state index contributed by atoms with van der Waals surface area (Å²) in [6.07, 6.45) is 25.6. The lowest BCUT2D eigenvalue weighted by atomic mass is 10.0. The molecule has 0 aromatic rings. The minimum absolute atomic E-state index is 0.965. The van der Waals surface area contributed by atoms with Gasteiger partial charge in [-0.05, 0) is 12.8 Å². The van der Waals surface area contributed by atoms with Gasteiger partial charge in [-0.25, -0.2) is 0 Å². The predicted molar refractivity (Wildman–Crippen MR) is 109 cm³/mol. The summed E-state index contributed by atoms with van der Waals surface area (Å²) >= 11 is 0. The molecular formula is C23H46O. The molecule has 144 valence electrons. The lowest BCUT2D eigenvalue weighted by Crippen LogP contribution is -1.97. The summed E-state index contributed by atoms with van der Waals surface area (Å²) in [6, 6.07) is 0. The van der Waals surface area contributed by atoms with E-state index in [9.17, 15) is 0 Å². The third-order valence-electron chi connectivity index (χ3n) is 4.83. The average Bonchev–Trinajstić information content (AvgIpc) is 2.60. The first-order chi connectivity index (χ1) is 11.9. The monoisotopic (exact) mass is 338 g/mol. The quantitative estimate of drug-likeness (QED) is 0.192. The third-order valence-corrected chi connectivity index (χ3v) is 4.83. The maximum Gasteiger partial charge on any atom is 0.0466 e. The van der Waals surface area contributed by atoms with Crippen molar-refractivity contribution in [1.82, 2.24) is 0 Å². The second-order valence-electron chi connectivity index (χ2n) is 7.33. The topological polar surface area (TPSA) is 9.23 Å². The molecule has 2 radical (unpaired) electrons. The Balaban J connectivity index is 2.93. The van der Waals surface area contributed by atoms with E-state index in [1.165, 1.54) is 109 Å². The van der Waals surface area contributed by atoms with E-state index in [4.69, 9.17) is 4.74 Å². The van der Waals surface area contributed by atoms with Gasteiger partial charge in [0.2, 0.25) is 0 Å². The van der Waals surface area contributed by atoms with Crippen LogP contribution in [0.25, 0.3) is 0 Å². The van der Waals surface area contributed by atoms with Gasteiger partial charge in [0.1, 0.15) is 0 Å². The zero-order chi connectivity index (χ0) is 17.6. The van der Waals surface area contributed by atoms with Crippen LogP contribution in [-0.4, -0.2) is 13.2 Å². The van der Waals surface area contributed by atoms with E-state index >= 15 is 0 Å². The first kappa shape index (κ1) is 24.0. The van der Waals surface area contributed by atoms with Gasteiger partial charge in [-0.15, -0.1) is 0 Å². The van der Waals surface area contributed by atoms with E-state index in [1.807, 2.05) is 0 Å². The Morgan fingerprint density at radius 2 is 0.583 bits per heavy atom. The van der Waals surface area contributed by atoms with Crippen molar-refractivity contribution in [2.45, 2.75) is 122 Å². The highest BCUT2D eigenvalue weighted by molar-refractivity contribution is 4.50. The minimum Gasteiger partial charge on any atom is -0.381 e. The first-order valence-electron chi connectivity index (χ1n) is 11.1. The second-order valence-corrected chi connectivity index (χ2v) is 7.33. The molecule has 0 aliphatic rings. The number of hydrogen-bond donors (Lipinski definition) is 0. The van der Waals surface area contributed by atoms with Crippen LogP contribution in [0, 0.1) is 13.8 Å². The van der Waals surface area contributed by atoms with E-state index < -0.39 is 0 Å². The van der Waals surface area contributed by atoms with E-state index in [0.717, 1.165) is 26.1 Å². The molecule has 0 aromatic carbocycles. The van der Waals surface area contributed by atoms with Gasteiger partial charge in [-0.2, -0.15) is 0 Å². The Morgan fingerprint density at radius 3 is 0.875 bits per heavy atom. The molecule has 1 nitrogen and oxygen atoms in total. The first-order valence-corrected chi connectivity index (χ1v) is 11.1. The highest BCUT2D eigenvalue weighted by atomic mass is 16.5. The Bertz CT molecular complexity index is 180. The molecule has 0 aliphatic carbocycles. The van der Waals surface area contributed by atoms with Gasteiger partial charge in [0.25, 0.3) is 0 Å². The van der Waals surface area contributed by atoms with Crippen LogP contribution in [0.5, 0.6) is 0 Å². The van der Waals surface area contributed by atoms with Crippen LogP contribution in [0.2, 0.25) is 0 Å². The van der Waals surface area contributed by atoms with Gasteiger partial charge in [-0.1, -0.05) is 123 Å². The maximum atomic E-state index is 5.70. The predicted octanol–water partition coefficient (Wildman–Crippen LogP) is 8.08. The Morgan fingerprint density at radius 1 is 0.333 bits per heavy atom. The molecule has 0 rings (SSSR count). The highest BCUT2D eigenvalue weighted by Crippen LogP contribution is 2.13. The zero-order valence-corrected chi connectivity index (χ0v) is 16.7. The van der Waals surface area contributed by atoms with Crippen molar-refractivity contribution in [3.05, 3.63) is 13.8 Å². The van der Waals surface area contributed by atoms with E-state index in [2.05, 4.69) is 13.8 Å². The normalized spacial score (nSPS) is 11.2. The van der Waals surface area contributed by atoms with Crippen molar-refractivity contribution in [2.24, 2.45) is 0 Å². The molecule has 0 atom stereocenters. The van der Waals surface area contributed by atoms with Gasteiger partial charge < -0.3 is 4.74 Å². The van der Waals surface area contributed by atoms with Crippen LogP contribution in [0.4, 0.5) is 0 Å². The van der Waals surface area contributed by atoms with Crippen molar-refractivity contribution < 1.29 is 4.74 Å². The molecule has 0 unspecified atom stereocenters. The molecule has 1 heteroatoms. The molecule has 0 aliphatic heterocycles.